The number of aliphatic hydroxyl groups is 1. The molecule has 11 heteroatoms. The van der Waals surface area contributed by atoms with Crippen LogP contribution in [0, 0.1) is 29.5 Å². The summed E-state index contributed by atoms with van der Waals surface area (Å²) in [5, 5.41) is 14.9. The quantitative estimate of drug-likeness (QED) is 0.259. The summed E-state index contributed by atoms with van der Waals surface area (Å²) in [5.41, 5.74) is 0.571. The third-order valence-corrected chi connectivity index (χ3v) is 8.79. The number of nitrogens with one attached hydrogen (secondary N) is 2. The van der Waals surface area contributed by atoms with Crippen LogP contribution in [0.1, 0.15) is 53.6 Å². The van der Waals surface area contributed by atoms with Crippen molar-refractivity contribution in [3.63, 3.8) is 0 Å². The molecule has 232 valence electrons. The molecule has 3 aliphatic rings. The van der Waals surface area contributed by atoms with E-state index in [1.807, 2.05) is 6.07 Å². The molecule has 2 saturated carbocycles. The van der Waals surface area contributed by atoms with Crippen LogP contribution >= 0.6 is 0 Å². The second kappa shape index (κ2) is 13.1. The predicted molar refractivity (Wildman–Crippen MR) is 151 cm³/mol. The number of amides is 2. The highest BCUT2D eigenvalue weighted by atomic mass is 19.4. The van der Waals surface area contributed by atoms with Crippen LogP contribution < -0.4 is 15.4 Å². The predicted octanol–water partition coefficient (Wildman–Crippen LogP) is 5.52. The van der Waals surface area contributed by atoms with E-state index in [0.29, 0.717) is 55.9 Å². The van der Waals surface area contributed by atoms with Gasteiger partial charge in [0.2, 0.25) is 5.91 Å². The molecule has 1 saturated heterocycles. The van der Waals surface area contributed by atoms with Crippen molar-refractivity contribution in [3.05, 3.63) is 70.6 Å². The molecule has 7 nitrogen and oxygen atoms in total. The van der Waals surface area contributed by atoms with E-state index in [9.17, 15) is 32.3 Å². The minimum absolute atomic E-state index is 0.00909. The van der Waals surface area contributed by atoms with Crippen LogP contribution in [-0.4, -0.2) is 49.9 Å². The number of aliphatic hydroxyl groups excluding tert-OH is 1. The third kappa shape index (κ3) is 6.72. The fourth-order valence-electron chi connectivity index (χ4n) is 6.84. The molecule has 2 amide bonds. The Hall–Kier alpha value is -3.44. The summed E-state index contributed by atoms with van der Waals surface area (Å²) in [4.78, 5) is 27.5. The van der Waals surface area contributed by atoms with E-state index in [0.717, 1.165) is 36.5 Å². The van der Waals surface area contributed by atoms with Crippen LogP contribution in [-0.2, 0) is 22.1 Å². The lowest BCUT2D eigenvalue weighted by atomic mass is 9.83. The highest BCUT2D eigenvalue weighted by Crippen LogP contribution is 2.53. The Morgan fingerprint density at radius 2 is 1.91 bits per heavy atom. The first-order valence-electron chi connectivity index (χ1n) is 14.7. The number of hydrogen-bond acceptors (Lipinski definition) is 5. The molecular formula is C32H36F4N2O5. The molecule has 5 atom stereocenters. The maximum atomic E-state index is 13.9. The van der Waals surface area contributed by atoms with E-state index in [1.165, 1.54) is 7.11 Å². The number of aryl methyl sites for hydroxylation is 1. The molecular weight excluding hydrogens is 568 g/mol. The van der Waals surface area contributed by atoms with Gasteiger partial charge in [-0.2, -0.15) is 13.2 Å². The maximum absolute atomic E-state index is 13.9. The Labute approximate surface area is 247 Å². The van der Waals surface area contributed by atoms with E-state index in [4.69, 9.17) is 9.47 Å². The van der Waals surface area contributed by atoms with E-state index in [2.05, 4.69) is 16.7 Å². The number of carbonyl (C=O) groups is 2. The van der Waals surface area contributed by atoms with Crippen molar-refractivity contribution < 1.29 is 41.7 Å². The van der Waals surface area contributed by atoms with Crippen LogP contribution in [0.4, 0.5) is 23.2 Å². The Kier molecular flexibility index (Phi) is 9.41. The number of fused-ring (bicyclic) bond motifs is 2. The molecule has 2 aromatic rings. The fraction of sp³-hybridized carbons (Fsp3) is 0.500. The number of hydrogen-bond donors (Lipinski definition) is 3. The van der Waals surface area contributed by atoms with Crippen LogP contribution in [0.25, 0.3) is 0 Å². The van der Waals surface area contributed by atoms with Crippen molar-refractivity contribution in [3.8, 4) is 5.75 Å². The highest BCUT2D eigenvalue weighted by Gasteiger charge is 2.55. The molecule has 1 heterocycles. The average molecular weight is 605 g/mol. The van der Waals surface area contributed by atoms with Gasteiger partial charge >= 0.3 is 6.18 Å². The number of anilines is 1. The van der Waals surface area contributed by atoms with Crippen molar-refractivity contribution in [2.45, 2.75) is 50.7 Å². The molecule has 3 fully saturated rings. The summed E-state index contributed by atoms with van der Waals surface area (Å²) in [6.07, 6.45) is 1.67. The van der Waals surface area contributed by atoms with Gasteiger partial charge in [-0.15, -0.1) is 0 Å². The van der Waals surface area contributed by atoms with Crippen molar-refractivity contribution in [1.82, 2.24) is 5.32 Å². The zero-order valence-corrected chi connectivity index (χ0v) is 23.9. The van der Waals surface area contributed by atoms with Gasteiger partial charge in [-0.3, -0.25) is 9.59 Å². The number of alkyl halides is 3. The first-order chi connectivity index (χ1) is 20.6. The lowest BCUT2D eigenvalue weighted by Crippen LogP contribution is -2.48. The van der Waals surface area contributed by atoms with Crippen LogP contribution in [0.5, 0.6) is 5.75 Å². The van der Waals surface area contributed by atoms with Crippen molar-refractivity contribution in [2.75, 3.05) is 32.2 Å². The van der Waals surface area contributed by atoms with Gasteiger partial charge in [0.1, 0.15) is 11.6 Å². The van der Waals surface area contributed by atoms with Gasteiger partial charge in [0.25, 0.3) is 5.91 Å². The molecule has 0 radical (unpaired) electrons. The number of rotatable bonds is 9. The molecule has 2 bridgehead atoms. The molecule has 3 N–H and O–H groups in total. The zero-order valence-electron chi connectivity index (χ0n) is 23.9. The second-order valence-corrected chi connectivity index (χ2v) is 11.5. The van der Waals surface area contributed by atoms with Crippen LogP contribution in [0.2, 0.25) is 0 Å². The van der Waals surface area contributed by atoms with Gasteiger partial charge < -0.3 is 25.2 Å². The second-order valence-electron chi connectivity index (χ2n) is 11.5. The lowest BCUT2D eigenvalue weighted by Gasteiger charge is -2.30. The monoisotopic (exact) mass is 604 g/mol. The van der Waals surface area contributed by atoms with Crippen LogP contribution in [0.3, 0.4) is 0 Å². The number of ether oxygens (including phenoxy) is 2. The van der Waals surface area contributed by atoms with Gasteiger partial charge in [-0.05, 0) is 80.3 Å². The topological polar surface area (TPSA) is 96.9 Å². The Morgan fingerprint density at radius 1 is 1.12 bits per heavy atom. The molecule has 2 aromatic carbocycles. The Morgan fingerprint density at radius 3 is 2.60 bits per heavy atom. The number of methoxy groups -OCH3 is 1. The minimum atomic E-state index is -4.92. The summed E-state index contributed by atoms with van der Waals surface area (Å²) in [5.74, 6) is -2.94. The van der Waals surface area contributed by atoms with Gasteiger partial charge in [-0.25, -0.2) is 4.39 Å². The van der Waals surface area contributed by atoms with Crippen molar-refractivity contribution in [1.29, 1.82) is 0 Å². The first kappa shape index (κ1) is 31.0. The summed E-state index contributed by atoms with van der Waals surface area (Å²) in [6, 6.07) is 6.98. The smallest absolute Gasteiger partial charge is 0.419 e. The number of carbonyl (C=O) groups excluding carboxylic acids is 2. The summed E-state index contributed by atoms with van der Waals surface area (Å²) in [7, 11) is 1.46. The molecule has 0 spiro atoms. The molecule has 1 aliphatic heterocycles. The average Bonchev–Trinajstić information content (AvgIpc) is 3.51. The normalized spacial score (nSPS) is 26.0. The number of benzene rings is 2. The van der Waals surface area contributed by atoms with E-state index in [-0.39, 0.29) is 30.0 Å². The van der Waals surface area contributed by atoms with Gasteiger partial charge in [0, 0.05) is 36.8 Å². The minimum Gasteiger partial charge on any atom is -0.496 e. The molecule has 0 aromatic heterocycles. The fourth-order valence-corrected chi connectivity index (χ4v) is 6.84. The Bertz CT molecular complexity index is 1370. The summed E-state index contributed by atoms with van der Waals surface area (Å²) in [6.45, 7) is 1.28. The van der Waals surface area contributed by atoms with Crippen molar-refractivity contribution in [2.24, 2.45) is 23.7 Å². The maximum Gasteiger partial charge on any atom is 0.419 e. The lowest BCUT2D eigenvalue weighted by molar-refractivity contribution is -0.140. The summed E-state index contributed by atoms with van der Waals surface area (Å²) >= 11 is 0. The van der Waals surface area contributed by atoms with Gasteiger partial charge in [-0.1, -0.05) is 17.7 Å². The van der Waals surface area contributed by atoms with Gasteiger partial charge in [0.05, 0.1) is 30.8 Å². The Balaban J connectivity index is 1.45. The SMILES string of the molecule is COc1ccc(CCCO)cc1C(=O)NC1C(C(=O)Nc2ccc(F)c(C(F)(F)F)c2)[C@H]2CC[C@@H]1/C2=C\C1CCCOC1. The van der Waals surface area contributed by atoms with E-state index < -0.39 is 41.3 Å². The van der Waals surface area contributed by atoms with E-state index >= 15 is 0 Å². The summed E-state index contributed by atoms with van der Waals surface area (Å²) < 4.78 is 65.0. The van der Waals surface area contributed by atoms with Gasteiger partial charge in [0.15, 0.2) is 0 Å². The van der Waals surface area contributed by atoms with Crippen LogP contribution in [0.15, 0.2) is 48.0 Å². The number of halogens is 4. The highest BCUT2D eigenvalue weighted by molar-refractivity contribution is 5.99. The van der Waals surface area contributed by atoms with Crippen molar-refractivity contribution >= 4 is 17.5 Å². The zero-order chi connectivity index (χ0) is 30.7. The third-order valence-electron chi connectivity index (χ3n) is 8.79. The molecule has 43 heavy (non-hydrogen) atoms. The standard InChI is InChI=1S/C32H36F4N2O5/c1-42-27-11-6-18(4-2-12-39)14-24(27)30(40)38-29-22-9-8-21(23(22)15-19-5-3-13-43-17-19)28(29)31(41)37-20-7-10-26(33)25(16-20)32(34,35)36/h6-7,10-11,14-16,19,21-22,28-29,39H,2-5,8-9,12-13,17H2,1H3,(H,37,41)(H,38,40)/b23-15-/t19?,21-,22+,28?,29?/m0/s1. The molecule has 2 aliphatic carbocycles. The molecule has 3 unspecified atom stereocenters. The van der Waals surface area contributed by atoms with E-state index in [1.54, 1.807) is 12.1 Å². The molecule has 5 rings (SSSR count). The first-order valence-corrected chi connectivity index (χ1v) is 14.7. The largest absolute Gasteiger partial charge is 0.496 e.